The summed E-state index contributed by atoms with van der Waals surface area (Å²) in [7, 11) is 1.28. The van der Waals surface area contributed by atoms with Crippen LogP contribution in [0.2, 0.25) is 0 Å². The molecule has 214 valence electrons. The Bertz CT molecular complexity index is 902. The molecule has 0 amide bonds. The van der Waals surface area contributed by atoms with Gasteiger partial charge in [-0.05, 0) is 43.4 Å². The lowest BCUT2D eigenvalue weighted by Crippen LogP contribution is -2.41. The van der Waals surface area contributed by atoms with Gasteiger partial charge in [0, 0.05) is 6.54 Å². The van der Waals surface area contributed by atoms with Crippen LogP contribution < -0.4 is 14.8 Å². The predicted molar refractivity (Wildman–Crippen MR) is 141 cm³/mol. The van der Waals surface area contributed by atoms with Gasteiger partial charge in [-0.3, -0.25) is 14.4 Å². The molecule has 0 spiro atoms. The molecule has 1 aromatic rings. The fraction of sp³-hybridized carbons (Fsp3) is 0.643. The number of hydrogen-bond donors (Lipinski definition) is 1. The molecule has 2 unspecified atom stereocenters. The number of rotatable bonds is 17. The van der Waals surface area contributed by atoms with Crippen LogP contribution in [0.25, 0.3) is 0 Å². The normalized spacial score (nSPS) is 13.1. The molecular weight excluding hydrogens is 494 g/mol. The van der Waals surface area contributed by atoms with E-state index in [1.54, 1.807) is 32.0 Å². The van der Waals surface area contributed by atoms with Crippen LogP contribution in [0.15, 0.2) is 18.2 Å². The molecule has 0 aliphatic heterocycles. The van der Waals surface area contributed by atoms with Crippen molar-refractivity contribution in [2.75, 3.05) is 26.9 Å². The number of hydrogen-bond acceptors (Lipinski definition) is 10. The zero-order valence-electron chi connectivity index (χ0n) is 23.5. The highest BCUT2D eigenvalue weighted by Crippen LogP contribution is 2.31. The second-order valence-electron chi connectivity index (χ2n) is 9.18. The predicted octanol–water partition coefficient (Wildman–Crippen LogP) is 4.61. The molecule has 1 N–H and O–H groups in total. The molecule has 0 heterocycles. The van der Waals surface area contributed by atoms with Crippen molar-refractivity contribution in [1.29, 1.82) is 0 Å². The highest BCUT2D eigenvalue weighted by Gasteiger charge is 2.24. The van der Waals surface area contributed by atoms with Crippen LogP contribution in [0.3, 0.4) is 0 Å². The largest absolute Gasteiger partial charge is 0.508 e. The first-order valence-electron chi connectivity index (χ1n) is 13.3. The maximum Gasteiger partial charge on any atom is 0.508 e. The van der Waals surface area contributed by atoms with Gasteiger partial charge in [-0.1, -0.05) is 53.5 Å². The standard InChI is InChI=1S/C28H43NO9/c1-7-10-19(4)25(30)37-23-13-12-21(18-24(23)38-26(31)20(5)11-8-2)17-22(27(32)34-6)29-14-16-36-28(33)35-15-9-3/h12-13,18-20,22,29H,7-11,14-17H2,1-6H3/t19?,20?,22-/m0/s1. The zero-order valence-corrected chi connectivity index (χ0v) is 23.5. The number of ether oxygens (including phenoxy) is 5. The molecule has 1 rings (SSSR count). The number of methoxy groups -OCH3 is 1. The second kappa shape index (κ2) is 18.2. The molecule has 0 bridgehead atoms. The van der Waals surface area contributed by atoms with E-state index in [1.807, 2.05) is 20.8 Å². The lowest BCUT2D eigenvalue weighted by molar-refractivity contribution is -0.143. The van der Waals surface area contributed by atoms with Crippen LogP contribution in [-0.2, 0) is 35.0 Å². The van der Waals surface area contributed by atoms with Crippen molar-refractivity contribution in [3.8, 4) is 11.5 Å². The number of esters is 3. The molecule has 0 saturated carbocycles. The summed E-state index contributed by atoms with van der Waals surface area (Å²) in [6, 6.07) is 4.06. The summed E-state index contributed by atoms with van der Waals surface area (Å²) in [6.45, 7) is 9.85. The summed E-state index contributed by atoms with van der Waals surface area (Å²) in [6.07, 6.45) is 3.07. The van der Waals surface area contributed by atoms with Crippen LogP contribution in [0.4, 0.5) is 4.79 Å². The Balaban J connectivity index is 3.04. The maximum absolute atomic E-state index is 12.7. The van der Waals surface area contributed by atoms with Crippen molar-refractivity contribution < 1.29 is 42.9 Å². The Hall–Kier alpha value is -3.14. The van der Waals surface area contributed by atoms with Crippen LogP contribution in [0.5, 0.6) is 11.5 Å². The number of nitrogens with one attached hydrogen (secondary N) is 1. The Morgan fingerprint density at radius 1 is 0.789 bits per heavy atom. The van der Waals surface area contributed by atoms with Crippen molar-refractivity contribution in [3.05, 3.63) is 23.8 Å². The minimum absolute atomic E-state index is 0.000937. The van der Waals surface area contributed by atoms with E-state index in [9.17, 15) is 19.2 Å². The van der Waals surface area contributed by atoms with E-state index in [2.05, 4.69) is 5.32 Å². The smallest absolute Gasteiger partial charge is 0.468 e. The Morgan fingerprint density at radius 3 is 1.92 bits per heavy atom. The van der Waals surface area contributed by atoms with Gasteiger partial charge in [0.2, 0.25) is 0 Å². The van der Waals surface area contributed by atoms with E-state index >= 15 is 0 Å². The van der Waals surface area contributed by atoms with E-state index in [1.165, 1.54) is 7.11 Å². The first kappa shape index (κ1) is 32.9. The molecule has 0 fully saturated rings. The average molecular weight is 538 g/mol. The zero-order chi connectivity index (χ0) is 28.5. The van der Waals surface area contributed by atoms with Crippen molar-refractivity contribution in [1.82, 2.24) is 5.32 Å². The number of benzene rings is 1. The number of carbonyl (C=O) groups excluding carboxylic acids is 4. The molecule has 0 radical (unpaired) electrons. The highest BCUT2D eigenvalue weighted by molar-refractivity contribution is 5.79. The van der Waals surface area contributed by atoms with E-state index in [0.717, 1.165) is 12.8 Å². The molecule has 0 aliphatic rings. The minimum atomic E-state index is -0.773. The first-order valence-corrected chi connectivity index (χ1v) is 13.3. The van der Waals surface area contributed by atoms with Crippen LogP contribution in [0.1, 0.15) is 72.3 Å². The van der Waals surface area contributed by atoms with Crippen LogP contribution in [0, 0.1) is 11.8 Å². The van der Waals surface area contributed by atoms with Crippen molar-refractivity contribution >= 4 is 24.1 Å². The van der Waals surface area contributed by atoms with E-state index in [0.29, 0.717) is 24.8 Å². The van der Waals surface area contributed by atoms with E-state index < -0.39 is 30.1 Å². The SMILES string of the molecule is CCCOC(=O)OCCN[C@@H](Cc1ccc(OC(=O)C(C)CCC)c(OC(=O)C(C)CCC)c1)C(=O)OC. The van der Waals surface area contributed by atoms with Gasteiger partial charge in [0.15, 0.2) is 11.5 Å². The van der Waals surface area contributed by atoms with E-state index in [4.69, 9.17) is 23.7 Å². The lowest BCUT2D eigenvalue weighted by atomic mass is 10.0. The van der Waals surface area contributed by atoms with Crippen molar-refractivity contribution in [2.45, 2.75) is 79.2 Å². The molecule has 10 heteroatoms. The summed E-state index contributed by atoms with van der Waals surface area (Å²) >= 11 is 0. The number of carbonyl (C=O) groups is 4. The molecule has 0 saturated heterocycles. The van der Waals surface area contributed by atoms with Gasteiger partial charge in [-0.25, -0.2) is 4.79 Å². The Morgan fingerprint density at radius 2 is 1.37 bits per heavy atom. The van der Waals surface area contributed by atoms with Gasteiger partial charge in [0.25, 0.3) is 0 Å². The molecule has 38 heavy (non-hydrogen) atoms. The summed E-state index contributed by atoms with van der Waals surface area (Å²) < 4.78 is 25.9. The molecule has 10 nitrogen and oxygen atoms in total. The Labute approximate surface area is 225 Å². The first-order chi connectivity index (χ1) is 18.2. The molecular formula is C28H43NO9. The fourth-order valence-electron chi connectivity index (χ4n) is 3.57. The summed E-state index contributed by atoms with van der Waals surface area (Å²) in [5.41, 5.74) is 0.642. The summed E-state index contributed by atoms with van der Waals surface area (Å²) in [5, 5.41) is 3.00. The van der Waals surface area contributed by atoms with Gasteiger partial charge in [-0.2, -0.15) is 0 Å². The quantitative estimate of drug-likeness (QED) is 0.171. The topological polar surface area (TPSA) is 126 Å². The molecule has 0 aromatic heterocycles. The van der Waals surface area contributed by atoms with Gasteiger partial charge >= 0.3 is 24.1 Å². The summed E-state index contributed by atoms with van der Waals surface area (Å²) in [5.74, 6) is -1.75. The van der Waals surface area contributed by atoms with Crippen LogP contribution in [-0.4, -0.2) is 57.0 Å². The van der Waals surface area contributed by atoms with E-state index in [-0.39, 0.29) is 49.5 Å². The third-order valence-electron chi connectivity index (χ3n) is 5.74. The highest BCUT2D eigenvalue weighted by atomic mass is 16.7. The fourth-order valence-corrected chi connectivity index (χ4v) is 3.57. The van der Waals surface area contributed by atoms with Gasteiger partial charge in [-0.15, -0.1) is 0 Å². The van der Waals surface area contributed by atoms with Crippen LogP contribution >= 0.6 is 0 Å². The third-order valence-corrected chi connectivity index (χ3v) is 5.74. The van der Waals surface area contributed by atoms with Crippen molar-refractivity contribution in [3.63, 3.8) is 0 Å². The average Bonchev–Trinajstić information content (AvgIpc) is 2.90. The van der Waals surface area contributed by atoms with Gasteiger partial charge < -0.3 is 29.0 Å². The van der Waals surface area contributed by atoms with Gasteiger partial charge in [0.05, 0.1) is 25.6 Å². The summed E-state index contributed by atoms with van der Waals surface area (Å²) in [4.78, 5) is 49.1. The monoisotopic (exact) mass is 537 g/mol. The maximum atomic E-state index is 12.7. The second-order valence-corrected chi connectivity index (χ2v) is 9.18. The molecule has 1 aromatic carbocycles. The van der Waals surface area contributed by atoms with Crippen molar-refractivity contribution in [2.24, 2.45) is 11.8 Å². The lowest BCUT2D eigenvalue weighted by Gasteiger charge is -2.19. The molecule has 3 atom stereocenters. The van der Waals surface area contributed by atoms with Gasteiger partial charge in [0.1, 0.15) is 12.6 Å². The third kappa shape index (κ3) is 11.9. The Kier molecular flexibility index (Phi) is 15.7. The minimum Gasteiger partial charge on any atom is -0.468 e. The molecule has 0 aliphatic carbocycles.